The van der Waals surface area contributed by atoms with Crippen LogP contribution in [0.2, 0.25) is 5.02 Å². The standard InChI is InChI=1S/C14H18ClN3O4S/c1-23(21,22)16-7-6-13(19)17-10-8-14(20)18(9-10)12-5-3-2-4-11(12)15/h2-5,10,16H,6-9H2,1H3,(H,17,19)/t10-/m1/s1. The van der Waals surface area contributed by atoms with Gasteiger partial charge < -0.3 is 10.2 Å². The van der Waals surface area contributed by atoms with Crippen molar-refractivity contribution in [1.82, 2.24) is 10.0 Å². The molecule has 1 fully saturated rings. The molecule has 1 atom stereocenters. The number of hydrogen-bond acceptors (Lipinski definition) is 4. The van der Waals surface area contributed by atoms with Gasteiger partial charge in [0.1, 0.15) is 0 Å². The van der Waals surface area contributed by atoms with Crippen LogP contribution in [0.15, 0.2) is 24.3 Å². The SMILES string of the molecule is CS(=O)(=O)NCCC(=O)N[C@@H]1CC(=O)N(c2ccccc2Cl)C1. The quantitative estimate of drug-likeness (QED) is 0.773. The summed E-state index contributed by atoms with van der Waals surface area (Å²) >= 11 is 6.09. The molecule has 1 heterocycles. The number of sulfonamides is 1. The first-order chi connectivity index (χ1) is 10.8. The second-order valence-corrected chi connectivity index (χ2v) is 7.58. The number of para-hydroxylation sites is 1. The lowest BCUT2D eigenvalue weighted by Crippen LogP contribution is -2.38. The van der Waals surface area contributed by atoms with E-state index < -0.39 is 10.0 Å². The van der Waals surface area contributed by atoms with Crippen molar-refractivity contribution < 1.29 is 18.0 Å². The molecule has 7 nitrogen and oxygen atoms in total. The lowest BCUT2D eigenvalue weighted by atomic mass is 10.2. The van der Waals surface area contributed by atoms with E-state index in [4.69, 9.17) is 11.6 Å². The fourth-order valence-electron chi connectivity index (χ4n) is 2.36. The largest absolute Gasteiger partial charge is 0.351 e. The van der Waals surface area contributed by atoms with Crippen molar-refractivity contribution in [3.8, 4) is 0 Å². The maximum Gasteiger partial charge on any atom is 0.229 e. The number of carbonyl (C=O) groups is 2. The second kappa shape index (κ2) is 7.29. The first kappa shape index (κ1) is 17.7. The number of hydrogen-bond donors (Lipinski definition) is 2. The highest BCUT2D eigenvalue weighted by Crippen LogP contribution is 2.28. The van der Waals surface area contributed by atoms with E-state index in [1.165, 1.54) is 0 Å². The van der Waals surface area contributed by atoms with Crippen LogP contribution in [0.4, 0.5) is 5.69 Å². The molecular weight excluding hydrogens is 342 g/mol. The predicted octanol–water partition coefficient (Wildman–Crippen LogP) is 0.501. The maximum absolute atomic E-state index is 12.1. The first-order valence-corrected chi connectivity index (χ1v) is 9.32. The summed E-state index contributed by atoms with van der Waals surface area (Å²) in [5.74, 6) is -0.419. The summed E-state index contributed by atoms with van der Waals surface area (Å²) in [6.07, 6.45) is 1.24. The zero-order chi connectivity index (χ0) is 17.0. The number of amides is 2. The Bertz CT molecular complexity index is 708. The molecule has 1 aliphatic heterocycles. The van der Waals surface area contributed by atoms with Gasteiger partial charge in [-0.15, -0.1) is 0 Å². The van der Waals surface area contributed by atoms with Crippen LogP contribution < -0.4 is 14.9 Å². The van der Waals surface area contributed by atoms with Crippen LogP contribution in [0.5, 0.6) is 0 Å². The Labute approximate surface area is 140 Å². The summed E-state index contributed by atoms with van der Waals surface area (Å²) in [5, 5.41) is 3.21. The van der Waals surface area contributed by atoms with E-state index in [0.717, 1.165) is 6.26 Å². The molecule has 0 saturated carbocycles. The van der Waals surface area contributed by atoms with Crippen molar-refractivity contribution in [3.63, 3.8) is 0 Å². The topological polar surface area (TPSA) is 95.6 Å². The van der Waals surface area contributed by atoms with Crippen LogP contribution in [-0.4, -0.2) is 45.6 Å². The van der Waals surface area contributed by atoms with Gasteiger partial charge in [0.15, 0.2) is 0 Å². The Hall–Kier alpha value is -1.64. The van der Waals surface area contributed by atoms with Gasteiger partial charge in [-0.25, -0.2) is 13.1 Å². The van der Waals surface area contributed by atoms with Gasteiger partial charge in [0.25, 0.3) is 0 Å². The number of carbonyl (C=O) groups excluding carboxylic acids is 2. The maximum atomic E-state index is 12.1. The van der Waals surface area contributed by atoms with Crippen molar-refractivity contribution in [2.45, 2.75) is 18.9 Å². The van der Waals surface area contributed by atoms with E-state index in [2.05, 4.69) is 10.0 Å². The van der Waals surface area contributed by atoms with Crippen LogP contribution in [0, 0.1) is 0 Å². The minimum Gasteiger partial charge on any atom is -0.351 e. The molecule has 1 aromatic carbocycles. The van der Waals surface area contributed by atoms with Gasteiger partial charge in [-0.1, -0.05) is 23.7 Å². The van der Waals surface area contributed by atoms with E-state index in [1.54, 1.807) is 29.2 Å². The van der Waals surface area contributed by atoms with E-state index in [-0.39, 0.29) is 37.2 Å². The zero-order valence-electron chi connectivity index (χ0n) is 12.6. The average molecular weight is 360 g/mol. The normalized spacial score (nSPS) is 18.3. The molecule has 0 bridgehead atoms. The molecule has 1 aromatic rings. The van der Waals surface area contributed by atoms with E-state index in [1.807, 2.05) is 0 Å². The van der Waals surface area contributed by atoms with Gasteiger partial charge in [-0.2, -0.15) is 0 Å². The van der Waals surface area contributed by atoms with Gasteiger partial charge in [0, 0.05) is 25.9 Å². The summed E-state index contributed by atoms with van der Waals surface area (Å²) < 4.78 is 24.1. The molecular formula is C14H18ClN3O4S. The highest BCUT2D eigenvalue weighted by atomic mass is 35.5. The molecule has 0 unspecified atom stereocenters. The molecule has 2 amide bonds. The van der Waals surface area contributed by atoms with Crippen LogP contribution in [-0.2, 0) is 19.6 Å². The zero-order valence-corrected chi connectivity index (χ0v) is 14.2. The molecule has 9 heteroatoms. The number of halogens is 1. The van der Waals surface area contributed by atoms with E-state index in [0.29, 0.717) is 17.3 Å². The molecule has 0 radical (unpaired) electrons. The van der Waals surface area contributed by atoms with Gasteiger partial charge in [0.05, 0.1) is 23.0 Å². The van der Waals surface area contributed by atoms with Crippen LogP contribution in [0.1, 0.15) is 12.8 Å². The second-order valence-electron chi connectivity index (χ2n) is 5.34. The predicted molar refractivity (Wildman–Crippen MR) is 87.8 cm³/mol. The summed E-state index contributed by atoms with van der Waals surface area (Å²) in [4.78, 5) is 25.4. The number of nitrogens with one attached hydrogen (secondary N) is 2. The summed E-state index contributed by atoms with van der Waals surface area (Å²) in [6.45, 7) is 0.368. The smallest absolute Gasteiger partial charge is 0.229 e. The van der Waals surface area contributed by atoms with Crippen molar-refractivity contribution in [2.24, 2.45) is 0 Å². The average Bonchev–Trinajstić information content (AvgIpc) is 2.78. The molecule has 0 aliphatic carbocycles. The Morgan fingerprint density at radius 3 is 2.74 bits per heavy atom. The molecule has 2 N–H and O–H groups in total. The van der Waals surface area contributed by atoms with Crippen LogP contribution in [0.25, 0.3) is 0 Å². The fraction of sp³-hybridized carbons (Fsp3) is 0.429. The molecule has 126 valence electrons. The number of anilines is 1. The van der Waals surface area contributed by atoms with Gasteiger partial charge in [0.2, 0.25) is 21.8 Å². The summed E-state index contributed by atoms with van der Waals surface area (Å²) in [6, 6.07) is 6.70. The molecule has 0 spiro atoms. The lowest BCUT2D eigenvalue weighted by Gasteiger charge is -2.18. The lowest BCUT2D eigenvalue weighted by molar-refractivity contribution is -0.121. The van der Waals surface area contributed by atoms with E-state index >= 15 is 0 Å². The van der Waals surface area contributed by atoms with Crippen molar-refractivity contribution in [3.05, 3.63) is 29.3 Å². The third-order valence-electron chi connectivity index (χ3n) is 3.35. The van der Waals surface area contributed by atoms with Gasteiger partial charge in [-0.05, 0) is 12.1 Å². The molecule has 0 aromatic heterocycles. The number of benzene rings is 1. The number of rotatable bonds is 6. The molecule has 1 aliphatic rings. The highest BCUT2D eigenvalue weighted by molar-refractivity contribution is 7.88. The Balaban J connectivity index is 1.88. The first-order valence-electron chi connectivity index (χ1n) is 7.05. The Kier molecular flexibility index (Phi) is 5.61. The van der Waals surface area contributed by atoms with Crippen molar-refractivity contribution >= 4 is 39.1 Å². The van der Waals surface area contributed by atoms with E-state index in [9.17, 15) is 18.0 Å². The van der Waals surface area contributed by atoms with Crippen molar-refractivity contribution in [2.75, 3.05) is 24.2 Å². The Morgan fingerprint density at radius 2 is 2.09 bits per heavy atom. The minimum absolute atomic E-state index is 0.0177. The molecule has 23 heavy (non-hydrogen) atoms. The number of nitrogens with zero attached hydrogens (tertiary/aromatic N) is 1. The summed E-state index contributed by atoms with van der Waals surface area (Å²) in [7, 11) is -3.31. The molecule has 1 saturated heterocycles. The molecule has 2 rings (SSSR count). The third-order valence-corrected chi connectivity index (χ3v) is 4.40. The third kappa shape index (κ3) is 5.19. The minimum atomic E-state index is -3.31. The highest BCUT2D eigenvalue weighted by Gasteiger charge is 2.32. The van der Waals surface area contributed by atoms with Crippen LogP contribution >= 0.6 is 11.6 Å². The van der Waals surface area contributed by atoms with Gasteiger partial charge in [-0.3, -0.25) is 9.59 Å². The monoisotopic (exact) mass is 359 g/mol. The van der Waals surface area contributed by atoms with Crippen molar-refractivity contribution in [1.29, 1.82) is 0 Å². The van der Waals surface area contributed by atoms with Crippen LogP contribution in [0.3, 0.4) is 0 Å². The summed E-state index contributed by atoms with van der Waals surface area (Å²) in [5.41, 5.74) is 0.620. The Morgan fingerprint density at radius 1 is 1.39 bits per heavy atom. The fourth-order valence-corrected chi connectivity index (χ4v) is 3.07. The van der Waals surface area contributed by atoms with Gasteiger partial charge >= 0.3 is 0 Å².